The first-order valence-corrected chi connectivity index (χ1v) is 10.9. The van der Waals surface area contributed by atoms with Crippen molar-refractivity contribution in [3.63, 3.8) is 0 Å². The molecule has 0 radical (unpaired) electrons. The van der Waals surface area contributed by atoms with Gasteiger partial charge in [0.1, 0.15) is 6.20 Å². The summed E-state index contributed by atoms with van der Waals surface area (Å²) >= 11 is 0. The van der Waals surface area contributed by atoms with Crippen LogP contribution < -0.4 is 25.8 Å². The van der Waals surface area contributed by atoms with Crippen molar-refractivity contribution >= 4 is 28.5 Å². The minimum atomic E-state index is -0.0270. The van der Waals surface area contributed by atoms with Gasteiger partial charge in [-0.3, -0.25) is 9.36 Å². The van der Waals surface area contributed by atoms with Crippen LogP contribution in [-0.2, 0) is 0 Å². The maximum Gasteiger partial charge on any atom is 0.320 e. The standard InChI is InChI=1S/C22H27N7O2/c1-15-12-20(30)29(16-4-2-3-5-16)21-18(15)13-24-22(26-21)25-19-7-6-17(14-28(19)31)27-10-8-23-9-11-27/h6-7,12-14,16,23H,2-5,8-11H2,1H3,(H,24,25,26). The van der Waals surface area contributed by atoms with Gasteiger partial charge in [0, 0.05) is 55.9 Å². The van der Waals surface area contributed by atoms with Gasteiger partial charge in [0.15, 0.2) is 5.65 Å². The van der Waals surface area contributed by atoms with Crippen LogP contribution >= 0.6 is 0 Å². The predicted octanol–water partition coefficient (Wildman–Crippen LogP) is 2.00. The fourth-order valence-electron chi connectivity index (χ4n) is 4.64. The van der Waals surface area contributed by atoms with E-state index in [2.05, 4.69) is 25.5 Å². The Morgan fingerprint density at radius 3 is 2.74 bits per heavy atom. The molecule has 3 aromatic rings. The van der Waals surface area contributed by atoms with Crippen LogP contribution in [0, 0.1) is 12.1 Å². The number of hydrogen-bond donors (Lipinski definition) is 2. The Morgan fingerprint density at radius 1 is 1.23 bits per heavy atom. The molecule has 5 rings (SSSR count). The molecule has 0 unspecified atom stereocenters. The fraction of sp³-hybridized carbons (Fsp3) is 0.455. The van der Waals surface area contributed by atoms with Crippen LogP contribution in [0.4, 0.5) is 17.5 Å². The molecule has 0 aromatic carbocycles. The quantitative estimate of drug-likeness (QED) is 0.491. The Labute approximate surface area is 180 Å². The Kier molecular flexibility index (Phi) is 5.19. The van der Waals surface area contributed by atoms with E-state index < -0.39 is 0 Å². The fourth-order valence-corrected chi connectivity index (χ4v) is 4.64. The predicted molar refractivity (Wildman–Crippen MR) is 120 cm³/mol. The number of piperazine rings is 1. The van der Waals surface area contributed by atoms with Crippen molar-refractivity contribution in [2.45, 2.75) is 38.6 Å². The summed E-state index contributed by atoms with van der Waals surface area (Å²) < 4.78 is 2.62. The lowest BCUT2D eigenvalue weighted by Gasteiger charge is -2.29. The molecule has 1 saturated heterocycles. The first kappa shape index (κ1) is 19.7. The highest BCUT2D eigenvalue weighted by atomic mass is 16.5. The van der Waals surface area contributed by atoms with Crippen molar-refractivity contribution in [3.05, 3.63) is 51.7 Å². The van der Waals surface area contributed by atoms with Crippen molar-refractivity contribution in [2.75, 3.05) is 36.4 Å². The second-order valence-corrected chi connectivity index (χ2v) is 8.37. The number of fused-ring (bicyclic) bond motifs is 1. The highest BCUT2D eigenvalue weighted by Gasteiger charge is 2.22. The van der Waals surface area contributed by atoms with Gasteiger partial charge in [-0.25, -0.2) is 10.0 Å². The van der Waals surface area contributed by atoms with Gasteiger partial charge in [-0.05, 0) is 31.4 Å². The summed E-state index contributed by atoms with van der Waals surface area (Å²) in [5.74, 6) is 0.657. The van der Waals surface area contributed by atoms with Crippen LogP contribution in [0.1, 0.15) is 37.3 Å². The van der Waals surface area contributed by atoms with Crippen LogP contribution in [0.2, 0.25) is 0 Å². The molecular formula is C22H27N7O2. The normalized spacial score (nSPS) is 17.4. The third-order valence-corrected chi connectivity index (χ3v) is 6.31. The van der Waals surface area contributed by atoms with Crippen molar-refractivity contribution in [2.24, 2.45) is 0 Å². The van der Waals surface area contributed by atoms with Crippen molar-refractivity contribution < 1.29 is 4.73 Å². The molecule has 0 amide bonds. The second kappa shape index (κ2) is 8.14. The van der Waals surface area contributed by atoms with E-state index in [1.54, 1.807) is 29.1 Å². The van der Waals surface area contributed by atoms with Gasteiger partial charge in [-0.15, -0.1) is 0 Å². The zero-order chi connectivity index (χ0) is 21.4. The molecule has 2 aliphatic rings. The van der Waals surface area contributed by atoms with Crippen LogP contribution in [-0.4, -0.2) is 40.7 Å². The zero-order valence-corrected chi connectivity index (χ0v) is 17.7. The Bertz CT molecular complexity index is 1160. The molecular weight excluding hydrogens is 394 g/mol. The van der Waals surface area contributed by atoms with Crippen LogP contribution in [0.5, 0.6) is 0 Å². The molecule has 9 heteroatoms. The lowest BCUT2D eigenvalue weighted by Crippen LogP contribution is -2.44. The van der Waals surface area contributed by atoms with Gasteiger partial charge in [0.05, 0.1) is 5.69 Å². The first-order chi connectivity index (χ1) is 15.1. The number of nitrogens with one attached hydrogen (secondary N) is 2. The Hall–Kier alpha value is -3.20. The summed E-state index contributed by atoms with van der Waals surface area (Å²) in [7, 11) is 0. The van der Waals surface area contributed by atoms with E-state index in [0.717, 1.165) is 73.2 Å². The van der Waals surface area contributed by atoms with E-state index in [1.165, 1.54) is 0 Å². The highest BCUT2D eigenvalue weighted by Crippen LogP contribution is 2.31. The van der Waals surface area contributed by atoms with Gasteiger partial charge >= 0.3 is 5.95 Å². The number of aryl methyl sites for hydroxylation is 1. The van der Waals surface area contributed by atoms with E-state index in [9.17, 15) is 10.0 Å². The molecule has 3 aromatic heterocycles. The maximum atomic E-state index is 12.8. The van der Waals surface area contributed by atoms with Gasteiger partial charge in [0.25, 0.3) is 11.4 Å². The molecule has 1 saturated carbocycles. The summed E-state index contributed by atoms with van der Waals surface area (Å²) in [5.41, 5.74) is 2.36. The molecule has 1 aliphatic heterocycles. The van der Waals surface area contributed by atoms with Crippen LogP contribution in [0.15, 0.2) is 35.4 Å². The topological polar surface area (TPSA) is 102 Å². The van der Waals surface area contributed by atoms with E-state index in [0.29, 0.717) is 17.4 Å². The van der Waals surface area contributed by atoms with Crippen LogP contribution in [0.25, 0.3) is 11.0 Å². The SMILES string of the molecule is Cc1cc(=O)n(C2CCCC2)c2nc(Nc3ccc(N4CCNCC4)c[n+]3[O-])ncc12. The van der Waals surface area contributed by atoms with E-state index in [4.69, 9.17) is 0 Å². The molecule has 4 heterocycles. The Morgan fingerprint density at radius 2 is 2.00 bits per heavy atom. The van der Waals surface area contributed by atoms with Gasteiger partial charge < -0.3 is 15.4 Å². The summed E-state index contributed by atoms with van der Waals surface area (Å²) in [6.45, 7) is 5.47. The molecule has 31 heavy (non-hydrogen) atoms. The van der Waals surface area contributed by atoms with Gasteiger partial charge in [0.2, 0.25) is 0 Å². The number of rotatable bonds is 4. The number of aromatic nitrogens is 4. The number of anilines is 3. The molecule has 162 valence electrons. The molecule has 0 spiro atoms. The molecule has 2 fully saturated rings. The monoisotopic (exact) mass is 421 g/mol. The third kappa shape index (κ3) is 3.81. The number of hydrogen-bond acceptors (Lipinski definition) is 7. The minimum absolute atomic E-state index is 0.0270. The van der Waals surface area contributed by atoms with E-state index in [1.807, 2.05) is 13.0 Å². The minimum Gasteiger partial charge on any atom is -0.711 e. The van der Waals surface area contributed by atoms with Gasteiger partial charge in [-0.1, -0.05) is 12.8 Å². The highest BCUT2D eigenvalue weighted by molar-refractivity contribution is 5.79. The third-order valence-electron chi connectivity index (χ3n) is 6.31. The summed E-state index contributed by atoms with van der Waals surface area (Å²) in [6, 6.07) is 5.51. The average Bonchev–Trinajstić information content (AvgIpc) is 3.30. The van der Waals surface area contributed by atoms with E-state index in [-0.39, 0.29) is 11.6 Å². The lowest BCUT2D eigenvalue weighted by molar-refractivity contribution is -0.589. The Balaban J connectivity index is 1.48. The summed E-state index contributed by atoms with van der Waals surface area (Å²) in [5, 5.41) is 19.8. The van der Waals surface area contributed by atoms with Crippen LogP contribution in [0.3, 0.4) is 0 Å². The summed E-state index contributed by atoms with van der Waals surface area (Å²) in [6.07, 6.45) is 7.52. The summed E-state index contributed by atoms with van der Waals surface area (Å²) in [4.78, 5) is 24.0. The van der Waals surface area contributed by atoms with Gasteiger partial charge in [-0.2, -0.15) is 9.97 Å². The van der Waals surface area contributed by atoms with Crippen molar-refractivity contribution in [3.8, 4) is 0 Å². The molecule has 0 bridgehead atoms. The smallest absolute Gasteiger partial charge is 0.320 e. The molecule has 1 aliphatic carbocycles. The molecule has 2 N–H and O–H groups in total. The largest absolute Gasteiger partial charge is 0.711 e. The second-order valence-electron chi connectivity index (χ2n) is 8.37. The number of nitrogens with zero attached hydrogens (tertiary/aromatic N) is 5. The van der Waals surface area contributed by atoms with Crippen molar-refractivity contribution in [1.82, 2.24) is 19.9 Å². The molecule has 0 atom stereocenters. The molecule has 9 nitrogen and oxygen atoms in total. The van der Waals surface area contributed by atoms with E-state index >= 15 is 0 Å². The number of pyridine rings is 2. The van der Waals surface area contributed by atoms with Crippen molar-refractivity contribution in [1.29, 1.82) is 0 Å². The lowest BCUT2D eigenvalue weighted by atomic mass is 10.1. The first-order valence-electron chi connectivity index (χ1n) is 10.9. The average molecular weight is 422 g/mol. The zero-order valence-electron chi connectivity index (χ0n) is 17.7. The maximum absolute atomic E-state index is 12.8.